The van der Waals surface area contributed by atoms with Crippen LogP contribution in [0.1, 0.15) is 18.5 Å². The van der Waals surface area contributed by atoms with Crippen LogP contribution < -0.4 is 10.1 Å². The van der Waals surface area contributed by atoms with E-state index in [0.29, 0.717) is 0 Å². The zero-order chi connectivity index (χ0) is 11.3. The fourth-order valence-corrected chi connectivity index (χ4v) is 1.56. The van der Waals surface area contributed by atoms with Crippen LogP contribution >= 0.6 is 15.9 Å². The van der Waals surface area contributed by atoms with Gasteiger partial charge in [-0.25, -0.2) is 0 Å². The van der Waals surface area contributed by atoms with Crippen molar-refractivity contribution in [2.24, 2.45) is 0 Å². The normalized spacial score (nSPS) is 12.2. The molecule has 0 aromatic heterocycles. The van der Waals surface area contributed by atoms with Gasteiger partial charge in [-0.05, 0) is 13.0 Å². The van der Waals surface area contributed by atoms with Gasteiger partial charge >= 0.3 is 0 Å². The van der Waals surface area contributed by atoms with Crippen LogP contribution in [0.4, 0.5) is 0 Å². The smallest absolute Gasteiger partial charge is 0.123 e. The third kappa shape index (κ3) is 3.68. The molecule has 3 heteroatoms. The van der Waals surface area contributed by atoms with Gasteiger partial charge < -0.3 is 10.1 Å². The minimum Gasteiger partial charge on any atom is -0.496 e. The maximum atomic E-state index is 5.30. The highest BCUT2D eigenvalue weighted by molar-refractivity contribution is 9.11. The van der Waals surface area contributed by atoms with Crippen LogP contribution in [0.2, 0.25) is 0 Å². The number of benzene rings is 1. The Bertz CT molecular complexity index is 338. The van der Waals surface area contributed by atoms with Gasteiger partial charge in [0, 0.05) is 22.6 Å². The van der Waals surface area contributed by atoms with Crippen LogP contribution in [0, 0.1) is 0 Å². The van der Waals surface area contributed by atoms with Gasteiger partial charge in [0.25, 0.3) is 0 Å². The number of hydrogen-bond donors (Lipinski definition) is 1. The zero-order valence-electron chi connectivity index (χ0n) is 9.09. The molecule has 0 heterocycles. The number of ether oxygens (including phenoxy) is 1. The van der Waals surface area contributed by atoms with E-state index in [2.05, 4.69) is 40.8 Å². The highest BCUT2D eigenvalue weighted by Gasteiger charge is 2.09. The van der Waals surface area contributed by atoms with E-state index in [4.69, 9.17) is 4.74 Å². The highest BCUT2D eigenvalue weighted by atomic mass is 79.9. The van der Waals surface area contributed by atoms with E-state index in [1.165, 1.54) is 0 Å². The molecule has 82 valence electrons. The van der Waals surface area contributed by atoms with Gasteiger partial charge in [-0.3, -0.25) is 0 Å². The monoisotopic (exact) mass is 269 g/mol. The van der Waals surface area contributed by atoms with Crippen LogP contribution in [0.3, 0.4) is 0 Å². The molecule has 1 rings (SSSR count). The van der Waals surface area contributed by atoms with Crippen LogP contribution in [0.5, 0.6) is 5.75 Å². The fraction of sp³-hybridized carbons (Fsp3) is 0.333. The van der Waals surface area contributed by atoms with E-state index in [0.717, 1.165) is 22.3 Å². The van der Waals surface area contributed by atoms with Gasteiger partial charge in [0.05, 0.1) is 7.11 Å². The molecule has 0 bridgehead atoms. The summed E-state index contributed by atoms with van der Waals surface area (Å²) >= 11 is 3.32. The van der Waals surface area contributed by atoms with Crippen molar-refractivity contribution in [1.29, 1.82) is 0 Å². The molecule has 0 aliphatic carbocycles. The lowest BCUT2D eigenvalue weighted by atomic mass is 10.1. The molecule has 0 saturated heterocycles. The van der Waals surface area contributed by atoms with Crippen molar-refractivity contribution in [2.75, 3.05) is 13.7 Å². The Morgan fingerprint density at radius 3 is 2.80 bits per heavy atom. The van der Waals surface area contributed by atoms with Crippen LogP contribution in [0.25, 0.3) is 0 Å². The number of rotatable bonds is 5. The summed E-state index contributed by atoms with van der Waals surface area (Å²) in [6.07, 6.45) is 0. The van der Waals surface area contributed by atoms with Gasteiger partial charge in [-0.1, -0.05) is 40.7 Å². The Hall–Kier alpha value is -0.800. The molecule has 0 amide bonds. The second kappa shape index (κ2) is 5.93. The predicted octanol–water partition coefficient (Wildman–Crippen LogP) is 3.25. The molecular formula is C12H16BrNO. The third-order valence-electron chi connectivity index (χ3n) is 2.21. The molecule has 0 radical (unpaired) electrons. The van der Waals surface area contributed by atoms with Crippen molar-refractivity contribution in [2.45, 2.75) is 13.0 Å². The van der Waals surface area contributed by atoms with E-state index < -0.39 is 0 Å². The number of para-hydroxylation sites is 1. The van der Waals surface area contributed by atoms with Crippen molar-refractivity contribution in [3.05, 3.63) is 40.9 Å². The van der Waals surface area contributed by atoms with Gasteiger partial charge in [0.1, 0.15) is 5.75 Å². The first-order valence-corrected chi connectivity index (χ1v) is 5.64. The lowest BCUT2D eigenvalue weighted by molar-refractivity contribution is 0.403. The molecule has 1 N–H and O–H groups in total. The predicted molar refractivity (Wildman–Crippen MR) is 67.5 cm³/mol. The minimum atomic E-state index is 0.246. The highest BCUT2D eigenvalue weighted by Crippen LogP contribution is 2.24. The van der Waals surface area contributed by atoms with Gasteiger partial charge in [-0.15, -0.1) is 0 Å². The summed E-state index contributed by atoms with van der Waals surface area (Å²) in [5.41, 5.74) is 1.16. The van der Waals surface area contributed by atoms with E-state index in [1.54, 1.807) is 7.11 Å². The molecule has 1 aromatic rings. The Labute approximate surface area is 99.5 Å². The molecule has 15 heavy (non-hydrogen) atoms. The Morgan fingerprint density at radius 1 is 1.53 bits per heavy atom. The molecule has 0 saturated carbocycles. The maximum absolute atomic E-state index is 5.30. The number of methoxy groups -OCH3 is 1. The lowest BCUT2D eigenvalue weighted by Gasteiger charge is -2.16. The summed E-state index contributed by atoms with van der Waals surface area (Å²) in [7, 11) is 1.69. The average molecular weight is 270 g/mol. The first-order chi connectivity index (χ1) is 7.15. The van der Waals surface area contributed by atoms with Gasteiger partial charge in [0.2, 0.25) is 0 Å². The third-order valence-corrected chi connectivity index (χ3v) is 2.49. The topological polar surface area (TPSA) is 21.3 Å². The zero-order valence-corrected chi connectivity index (χ0v) is 10.7. The van der Waals surface area contributed by atoms with Crippen molar-refractivity contribution < 1.29 is 4.74 Å². The van der Waals surface area contributed by atoms with E-state index in [-0.39, 0.29) is 6.04 Å². The molecule has 1 atom stereocenters. The van der Waals surface area contributed by atoms with Crippen molar-refractivity contribution in [3.63, 3.8) is 0 Å². The Balaban J connectivity index is 2.72. The lowest BCUT2D eigenvalue weighted by Crippen LogP contribution is -2.20. The molecule has 1 aromatic carbocycles. The Kier molecular flexibility index (Phi) is 4.85. The van der Waals surface area contributed by atoms with Gasteiger partial charge in [-0.2, -0.15) is 0 Å². The van der Waals surface area contributed by atoms with Crippen molar-refractivity contribution in [3.8, 4) is 5.75 Å². The average Bonchev–Trinajstić information content (AvgIpc) is 2.25. The summed E-state index contributed by atoms with van der Waals surface area (Å²) in [6.45, 7) is 6.64. The second-order valence-corrected chi connectivity index (χ2v) is 4.48. The van der Waals surface area contributed by atoms with E-state index in [9.17, 15) is 0 Å². The molecule has 0 aliphatic rings. The summed E-state index contributed by atoms with van der Waals surface area (Å²) in [4.78, 5) is 0. The fourth-order valence-electron chi connectivity index (χ4n) is 1.40. The van der Waals surface area contributed by atoms with Crippen molar-refractivity contribution >= 4 is 15.9 Å². The molecule has 0 fully saturated rings. The first kappa shape index (κ1) is 12.3. The summed E-state index contributed by atoms with van der Waals surface area (Å²) in [5, 5.41) is 3.35. The SMILES string of the molecule is C=C(Br)CNC(C)c1ccccc1OC. The quantitative estimate of drug-likeness (QED) is 0.886. The summed E-state index contributed by atoms with van der Waals surface area (Å²) in [5.74, 6) is 0.915. The summed E-state index contributed by atoms with van der Waals surface area (Å²) < 4.78 is 6.25. The van der Waals surface area contributed by atoms with Crippen molar-refractivity contribution in [1.82, 2.24) is 5.32 Å². The largest absolute Gasteiger partial charge is 0.496 e. The summed E-state index contributed by atoms with van der Waals surface area (Å²) in [6, 6.07) is 8.26. The number of halogens is 1. The minimum absolute atomic E-state index is 0.246. The van der Waals surface area contributed by atoms with Gasteiger partial charge in [0.15, 0.2) is 0 Å². The molecular weight excluding hydrogens is 254 g/mol. The molecule has 2 nitrogen and oxygen atoms in total. The van der Waals surface area contributed by atoms with E-state index >= 15 is 0 Å². The Morgan fingerprint density at radius 2 is 2.20 bits per heavy atom. The standard InChI is InChI=1S/C12H16BrNO/c1-9(13)8-14-10(2)11-6-4-5-7-12(11)15-3/h4-7,10,14H,1,8H2,2-3H3. The molecule has 0 aliphatic heterocycles. The molecule has 0 spiro atoms. The molecule has 1 unspecified atom stereocenters. The van der Waals surface area contributed by atoms with Crippen LogP contribution in [-0.4, -0.2) is 13.7 Å². The maximum Gasteiger partial charge on any atom is 0.123 e. The number of nitrogens with one attached hydrogen (secondary N) is 1. The second-order valence-electron chi connectivity index (χ2n) is 3.36. The number of hydrogen-bond acceptors (Lipinski definition) is 2. The first-order valence-electron chi connectivity index (χ1n) is 4.84. The van der Waals surface area contributed by atoms with E-state index in [1.807, 2.05) is 18.2 Å². The van der Waals surface area contributed by atoms with Crippen LogP contribution in [0.15, 0.2) is 35.3 Å². The van der Waals surface area contributed by atoms with Crippen LogP contribution in [-0.2, 0) is 0 Å².